The van der Waals surface area contributed by atoms with Crippen molar-refractivity contribution in [1.29, 1.82) is 0 Å². The van der Waals surface area contributed by atoms with Gasteiger partial charge in [-0.15, -0.1) is 0 Å². The highest BCUT2D eigenvalue weighted by atomic mass is 32.2. The van der Waals surface area contributed by atoms with Gasteiger partial charge in [0, 0.05) is 0 Å². The van der Waals surface area contributed by atoms with Crippen molar-refractivity contribution >= 4 is 10.1 Å². The van der Waals surface area contributed by atoms with E-state index < -0.39 is 16.9 Å². The zero-order valence-electron chi connectivity index (χ0n) is 9.18. The molecule has 0 fully saturated rings. The normalized spacial score (nSPS) is 11.6. The standard InChI is InChI=1S/C11H15O4S/c1-2-3-4-10-5-7-11(8-6-10)16(13,14)15-9-12/h5-8H,2-4,9H2,1H3. The minimum absolute atomic E-state index is 0.0311. The van der Waals surface area contributed by atoms with Crippen molar-refractivity contribution in [3.63, 3.8) is 0 Å². The molecule has 0 aliphatic heterocycles. The summed E-state index contributed by atoms with van der Waals surface area (Å²) in [6.07, 6.45) is 3.10. The van der Waals surface area contributed by atoms with Crippen LogP contribution < -0.4 is 0 Å². The van der Waals surface area contributed by atoms with Gasteiger partial charge in [-0.05, 0) is 30.5 Å². The molecule has 0 aliphatic carbocycles. The molecule has 0 spiro atoms. The molecule has 89 valence electrons. The molecule has 0 amide bonds. The summed E-state index contributed by atoms with van der Waals surface area (Å²) in [5.74, 6) is 0. The van der Waals surface area contributed by atoms with Gasteiger partial charge in [-0.1, -0.05) is 25.5 Å². The summed E-state index contributed by atoms with van der Waals surface area (Å²) in [6.45, 7) is 1.01. The maximum absolute atomic E-state index is 11.3. The van der Waals surface area contributed by atoms with Gasteiger partial charge >= 0.3 is 0 Å². The van der Waals surface area contributed by atoms with Crippen molar-refractivity contribution in [3.8, 4) is 0 Å². The van der Waals surface area contributed by atoms with Crippen LogP contribution in [-0.4, -0.2) is 15.2 Å². The zero-order chi connectivity index (χ0) is 12.0. The maximum Gasteiger partial charge on any atom is 0.299 e. The second-order valence-corrected chi connectivity index (χ2v) is 5.05. The zero-order valence-corrected chi connectivity index (χ0v) is 10.00. The Morgan fingerprint density at radius 3 is 2.31 bits per heavy atom. The number of benzene rings is 1. The lowest BCUT2D eigenvalue weighted by atomic mass is 10.1. The molecule has 1 rings (SSSR count). The van der Waals surface area contributed by atoms with E-state index in [1.54, 1.807) is 12.1 Å². The summed E-state index contributed by atoms with van der Waals surface area (Å²) in [4.78, 5) is 0.0311. The molecular formula is C11H15O4S. The quantitative estimate of drug-likeness (QED) is 0.568. The van der Waals surface area contributed by atoms with Gasteiger partial charge in [-0.3, -0.25) is 0 Å². The van der Waals surface area contributed by atoms with Gasteiger partial charge in [-0.2, -0.15) is 8.42 Å². The van der Waals surface area contributed by atoms with E-state index in [0.717, 1.165) is 24.8 Å². The predicted molar refractivity (Wildman–Crippen MR) is 58.9 cm³/mol. The molecule has 0 heterocycles. The molecule has 0 N–H and O–H groups in total. The molecule has 1 aromatic carbocycles. The van der Waals surface area contributed by atoms with Crippen LogP contribution in [0.2, 0.25) is 0 Å². The Kier molecular flexibility index (Phi) is 4.92. The smallest absolute Gasteiger partial charge is 0.234 e. The van der Waals surface area contributed by atoms with Gasteiger partial charge in [0.1, 0.15) is 0 Å². The number of aryl methyl sites for hydroxylation is 1. The number of rotatable bonds is 6. The lowest BCUT2D eigenvalue weighted by Crippen LogP contribution is -2.06. The van der Waals surface area contributed by atoms with Crippen molar-refractivity contribution in [2.24, 2.45) is 0 Å². The maximum atomic E-state index is 11.3. The van der Waals surface area contributed by atoms with Gasteiger partial charge < -0.3 is 0 Å². The van der Waals surface area contributed by atoms with Crippen LogP contribution in [0, 0.1) is 0 Å². The molecular weight excluding hydrogens is 228 g/mol. The van der Waals surface area contributed by atoms with Crippen molar-refractivity contribution < 1.29 is 17.7 Å². The average Bonchev–Trinajstić information content (AvgIpc) is 2.27. The first-order valence-electron chi connectivity index (χ1n) is 5.16. The Morgan fingerprint density at radius 1 is 1.19 bits per heavy atom. The summed E-state index contributed by atoms with van der Waals surface area (Å²) in [5, 5.41) is 10.1. The molecule has 0 saturated carbocycles. The fraction of sp³-hybridized carbons (Fsp3) is 0.455. The van der Waals surface area contributed by atoms with Crippen molar-refractivity contribution in [3.05, 3.63) is 29.8 Å². The molecule has 0 aliphatic rings. The van der Waals surface area contributed by atoms with Crippen LogP contribution in [0.4, 0.5) is 0 Å². The van der Waals surface area contributed by atoms with Gasteiger partial charge in [0.05, 0.1) is 4.90 Å². The Morgan fingerprint density at radius 2 is 1.81 bits per heavy atom. The third kappa shape index (κ3) is 3.59. The van der Waals surface area contributed by atoms with E-state index in [1.807, 2.05) is 0 Å². The first kappa shape index (κ1) is 13.2. The number of unbranched alkanes of at least 4 members (excludes halogenated alkanes) is 1. The van der Waals surface area contributed by atoms with Crippen LogP contribution >= 0.6 is 0 Å². The van der Waals surface area contributed by atoms with E-state index in [1.165, 1.54) is 12.1 Å². The minimum atomic E-state index is -3.86. The van der Waals surface area contributed by atoms with Gasteiger partial charge in [-0.25, -0.2) is 9.29 Å². The lowest BCUT2D eigenvalue weighted by molar-refractivity contribution is 0.0427. The molecule has 1 radical (unpaired) electrons. The number of hydrogen-bond acceptors (Lipinski definition) is 3. The molecule has 0 aromatic heterocycles. The summed E-state index contributed by atoms with van der Waals surface area (Å²) in [5.41, 5.74) is 1.09. The minimum Gasteiger partial charge on any atom is -0.234 e. The Hall–Kier alpha value is -0.910. The predicted octanol–water partition coefficient (Wildman–Crippen LogP) is 2.12. The highest BCUT2D eigenvalue weighted by Gasteiger charge is 2.14. The summed E-state index contributed by atoms with van der Waals surface area (Å²) in [6, 6.07) is 6.43. The van der Waals surface area contributed by atoms with Crippen LogP contribution in [0.5, 0.6) is 0 Å². The third-order valence-corrected chi connectivity index (χ3v) is 3.49. The SMILES string of the molecule is CCCCc1ccc(S(=O)(=O)OC[O])cc1. The second kappa shape index (κ2) is 5.98. The molecule has 0 bridgehead atoms. The molecule has 0 saturated heterocycles. The highest BCUT2D eigenvalue weighted by molar-refractivity contribution is 7.86. The number of hydrogen-bond donors (Lipinski definition) is 0. The van der Waals surface area contributed by atoms with Crippen LogP contribution in [0.25, 0.3) is 0 Å². The average molecular weight is 243 g/mol. The lowest BCUT2D eigenvalue weighted by Gasteiger charge is -2.04. The van der Waals surface area contributed by atoms with Crippen molar-refractivity contribution in [2.45, 2.75) is 31.1 Å². The molecule has 16 heavy (non-hydrogen) atoms. The van der Waals surface area contributed by atoms with Crippen LogP contribution in [0.15, 0.2) is 29.2 Å². The summed E-state index contributed by atoms with van der Waals surface area (Å²) in [7, 11) is -3.86. The van der Waals surface area contributed by atoms with E-state index in [2.05, 4.69) is 11.1 Å². The Balaban J connectivity index is 2.78. The molecule has 0 unspecified atom stereocenters. The fourth-order valence-electron chi connectivity index (χ4n) is 1.34. The Labute approximate surface area is 96.0 Å². The van der Waals surface area contributed by atoms with Crippen LogP contribution in [-0.2, 0) is 25.8 Å². The second-order valence-electron chi connectivity index (χ2n) is 3.44. The van der Waals surface area contributed by atoms with E-state index >= 15 is 0 Å². The van der Waals surface area contributed by atoms with Gasteiger partial charge in [0.25, 0.3) is 10.1 Å². The van der Waals surface area contributed by atoms with Crippen LogP contribution in [0.1, 0.15) is 25.3 Å². The summed E-state index contributed by atoms with van der Waals surface area (Å²) < 4.78 is 26.8. The molecule has 5 heteroatoms. The van der Waals surface area contributed by atoms with Crippen LogP contribution in [0.3, 0.4) is 0 Å². The van der Waals surface area contributed by atoms with E-state index in [4.69, 9.17) is 0 Å². The van der Waals surface area contributed by atoms with Crippen molar-refractivity contribution in [1.82, 2.24) is 0 Å². The van der Waals surface area contributed by atoms with E-state index in [9.17, 15) is 13.5 Å². The topological polar surface area (TPSA) is 63.3 Å². The monoisotopic (exact) mass is 243 g/mol. The van der Waals surface area contributed by atoms with Crippen molar-refractivity contribution in [2.75, 3.05) is 6.79 Å². The molecule has 4 nitrogen and oxygen atoms in total. The highest BCUT2D eigenvalue weighted by Crippen LogP contribution is 2.14. The summed E-state index contributed by atoms with van der Waals surface area (Å²) >= 11 is 0. The first-order chi connectivity index (χ1) is 7.60. The van der Waals surface area contributed by atoms with E-state index in [0.29, 0.717) is 0 Å². The third-order valence-electron chi connectivity index (χ3n) is 2.23. The Bertz CT molecular complexity index is 408. The molecule has 0 atom stereocenters. The van der Waals surface area contributed by atoms with E-state index in [-0.39, 0.29) is 4.90 Å². The fourth-order valence-corrected chi connectivity index (χ4v) is 2.07. The first-order valence-corrected chi connectivity index (χ1v) is 6.57. The molecule has 1 aromatic rings. The van der Waals surface area contributed by atoms with Gasteiger partial charge in [0.15, 0.2) is 6.79 Å². The van der Waals surface area contributed by atoms with Gasteiger partial charge in [0.2, 0.25) is 0 Å². The largest absolute Gasteiger partial charge is 0.299 e.